The summed E-state index contributed by atoms with van der Waals surface area (Å²) in [4.78, 5) is 0. The van der Waals surface area contributed by atoms with Crippen LogP contribution in [0.1, 0.15) is 38.3 Å². The summed E-state index contributed by atoms with van der Waals surface area (Å²) in [5.74, 6) is 0.671. The Bertz CT molecular complexity index is 555. The molecule has 0 radical (unpaired) electrons. The SMILES string of the molecule is CC(C)(C)c1ccc(CC(N)C2CCS(=O)(=O)C2)cc1. The molecule has 0 spiro atoms. The molecule has 1 aromatic rings. The zero-order valence-electron chi connectivity index (χ0n) is 12.6. The molecule has 1 heterocycles. The van der Waals surface area contributed by atoms with Crippen LogP contribution in [0.5, 0.6) is 0 Å². The van der Waals surface area contributed by atoms with Crippen LogP contribution in [0, 0.1) is 5.92 Å². The molecule has 1 fully saturated rings. The summed E-state index contributed by atoms with van der Waals surface area (Å²) in [6.45, 7) is 6.57. The summed E-state index contributed by atoms with van der Waals surface area (Å²) in [5, 5.41) is 0. The Balaban J connectivity index is 2.00. The van der Waals surface area contributed by atoms with Crippen molar-refractivity contribution >= 4 is 9.84 Å². The Kier molecular flexibility index (Phi) is 4.26. The molecule has 0 aliphatic carbocycles. The molecule has 20 heavy (non-hydrogen) atoms. The topological polar surface area (TPSA) is 60.2 Å². The molecule has 1 saturated heterocycles. The highest BCUT2D eigenvalue weighted by Crippen LogP contribution is 2.25. The van der Waals surface area contributed by atoms with Gasteiger partial charge >= 0.3 is 0 Å². The van der Waals surface area contributed by atoms with E-state index in [-0.39, 0.29) is 23.1 Å². The zero-order valence-corrected chi connectivity index (χ0v) is 13.4. The molecule has 0 aromatic heterocycles. The molecule has 2 unspecified atom stereocenters. The molecule has 0 bridgehead atoms. The maximum absolute atomic E-state index is 11.5. The van der Waals surface area contributed by atoms with E-state index < -0.39 is 9.84 Å². The summed E-state index contributed by atoms with van der Waals surface area (Å²) < 4.78 is 23.0. The van der Waals surface area contributed by atoms with Crippen molar-refractivity contribution in [3.63, 3.8) is 0 Å². The largest absolute Gasteiger partial charge is 0.327 e. The molecular weight excluding hydrogens is 270 g/mol. The van der Waals surface area contributed by atoms with Crippen LogP contribution in [0.2, 0.25) is 0 Å². The van der Waals surface area contributed by atoms with Gasteiger partial charge in [-0.05, 0) is 35.3 Å². The Morgan fingerprint density at radius 3 is 2.30 bits per heavy atom. The second-order valence-electron chi connectivity index (χ2n) is 6.98. The lowest BCUT2D eigenvalue weighted by atomic mass is 9.86. The number of rotatable bonds is 3. The van der Waals surface area contributed by atoms with E-state index in [1.54, 1.807) is 0 Å². The third kappa shape index (κ3) is 3.83. The minimum atomic E-state index is -2.84. The highest BCUT2D eigenvalue weighted by molar-refractivity contribution is 7.91. The van der Waals surface area contributed by atoms with Gasteiger partial charge in [-0.15, -0.1) is 0 Å². The van der Waals surface area contributed by atoms with Crippen LogP contribution in [-0.2, 0) is 21.7 Å². The maximum atomic E-state index is 11.5. The third-order valence-corrected chi connectivity index (χ3v) is 5.96. The van der Waals surface area contributed by atoms with E-state index in [0.717, 1.165) is 6.42 Å². The number of nitrogens with two attached hydrogens (primary N) is 1. The standard InChI is InChI=1S/C16H25NO2S/c1-16(2,3)14-6-4-12(5-7-14)10-15(17)13-8-9-20(18,19)11-13/h4-7,13,15H,8-11,17H2,1-3H3. The molecule has 1 aliphatic heterocycles. The van der Waals surface area contributed by atoms with Crippen LogP contribution in [0.4, 0.5) is 0 Å². The van der Waals surface area contributed by atoms with Crippen molar-refractivity contribution in [2.24, 2.45) is 11.7 Å². The number of hydrogen-bond donors (Lipinski definition) is 1. The van der Waals surface area contributed by atoms with Crippen molar-refractivity contribution in [1.29, 1.82) is 0 Å². The lowest BCUT2D eigenvalue weighted by molar-refractivity contribution is 0.461. The first kappa shape index (κ1) is 15.5. The van der Waals surface area contributed by atoms with Crippen LogP contribution in [-0.4, -0.2) is 26.0 Å². The zero-order chi connectivity index (χ0) is 15.0. The minimum absolute atomic E-state index is 0.0623. The van der Waals surface area contributed by atoms with Gasteiger partial charge in [0.05, 0.1) is 11.5 Å². The fourth-order valence-corrected chi connectivity index (χ4v) is 4.64. The van der Waals surface area contributed by atoms with Gasteiger partial charge in [-0.1, -0.05) is 45.0 Å². The van der Waals surface area contributed by atoms with Gasteiger partial charge in [0.25, 0.3) is 0 Å². The molecule has 4 heteroatoms. The summed E-state index contributed by atoms with van der Waals surface area (Å²) in [5.41, 5.74) is 8.84. The average Bonchev–Trinajstić information content (AvgIpc) is 2.69. The first-order chi connectivity index (χ1) is 9.17. The third-order valence-electron chi connectivity index (χ3n) is 4.16. The molecule has 1 aliphatic rings. The van der Waals surface area contributed by atoms with Gasteiger partial charge in [0, 0.05) is 6.04 Å². The first-order valence-corrected chi connectivity index (χ1v) is 9.05. The van der Waals surface area contributed by atoms with Crippen molar-refractivity contribution in [3.8, 4) is 0 Å². The van der Waals surface area contributed by atoms with E-state index in [0.29, 0.717) is 12.2 Å². The van der Waals surface area contributed by atoms with Crippen LogP contribution in [0.15, 0.2) is 24.3 Å². The van der Waals surface area contributed by atoms with Crippen molar-refractivity contribution < 1.29 is 8.42 Å². The summed E-state index contributed by atoms with van der Waals surface area (Å²) in [7, 11) is -2.84. The van der Waals surface area contributed by atoms with Gasteiger partial charge in [-0.3, -0.25) is 0 Å². The smallest absolute Gasteiger partial charge is 0.150 e. The highest BCUT2D eigenvalue weighted by atomic mass is 32.2. The Labute approximate surface area is 122 Å². The van der Waals surface area contributed by atoms with Gasteiger partial charge in [0.1, 0.15) is 0 Å². The second-order valence-corrected chi connectivity index (χ2v) is 9.21. The summed E-state index contributed by atoms with van der Waals surface area (Å²) in [6.07, 6.45) is 1.47. The maximum Gasteiger partial charge on any atom is 0.150 e. The fraction of sp³-hybridized carbons (Fsp3) is 0.625. The highest BCUT2D eigenvalue weighted by Gasteiger charge is 2.31. The normalized spacial score (nSPS) is 23.7. The molecule has 2 N–H and O–H groups in total. The molecule has 0 amide bonds. The second kappa shape index (κ2) is 5.49. The van der Waals surface area contributed by atoms with Gasteiger partial charge in [-0.25, -0.2) is 8.42 Å². The van der Waals surface area contributed by atoms with Gasteiger partial charge < -0.3 is 5.73 Å². The van der Waals surface area contributed by atoms with E-state index in [1.165, 1.54) is 11.1 Å². The molecular formula is C16H25NO2S. The predicted molar refractivity (Wildman–Crippen MR) is 83.6 cm³/mol. The van der Waals surface area contributed by atoms with Crippen molar-refractivity contribution in [1.82, 2.24) is 0 Å². The van der Waals surface area contributed by atoms with Crippen molar-refractivity contribution in [2.75, 3.05) is 11.5 Å². The van der Waals surface area contributed by atoms with Crippen LogP contribution in [0.3, 0.4) is 0 Å². The van der Waals surface area contributed by atoms with Gasteiger partial charge in [-0.2, -0.15) is 0 Å². The fourth-order valence-electron chi connectivity index (χ4n) is 2.74. The van der Waals surface area contributed by atoms with E-state index in [2.05, 4.69) is 45.0 Å². The van der Waals surface area contributed by atoms with Crippen LogP contribution < -0.4 is 5.73 Å². The lowest BCUT2D eigenvalue weighted by Crippen LogP contribution is -2.33. The van der Waals surface area contributed by atoms with Gasteiger partial charge in [0.2, 0.25) is 0 Å². The quantitative estimate of drug-likeness (QED) is 0.930. The predicted octanol–water partition coefficient (Wildman–Crippen LogP) is 2.29. The van der Waals surface area contributed by atoms with E-state index in [4.69, 9.17) is 5.73 Å². The van der Waals surface area contributed by atoms with Crippen molar-refractivity contribution in [2.45, 2.75) is 45.1 Å². The number of sulfone groups is 1. The van der Waals surface area contributed by atoms with Crippen LogP contribution >= 0.6 is 0 Å². The number of hydrogen-bond acceptors (Lipinski definition) is 3. The molecule has 0 saturated carbocycles. The van der Waals surface area contributed by atoms with Gasteiger partial charge in [0.15, 0.2) is 9.84 Å². The lowest BCUT2D eigenvalue weighted by Gasteiger charge is -2.21. The average molecular weight is 295 g/mol. The van der Waals surface area contributed by atoms with Crippen molar-refractivity contribution in [3.05, 3.63) is 35.4 Å². The monoisotopic (exact) mass is 295 g/mol. The molecule has 1 aromatic carbocycles. The molecule has 2 rings (SSSR count). The Morgan fingerprint density at radius 2 is 1.85 bits per heavy atom. The minimum Gasteiger partial charge on any atom is -0.327 e. The van der Waals surface area contributed by atoms with E-state index >= 15 is 0 Å². The molecule has 2 atom stereocenters. The summed E-state index contributed by atoms with van der Waals surface area (Å²) >= 11 is 0. The van der Waals surface area contributed by atoms with E-state index in [9.17, 15) is 8.42 Å². The summed E-state index contributed by atoms with van der Waals surface area (Å²) in [6, 6.07) is 8.46. The molecule has 112 valence electrons. The first-order valence-electron chi connectivity index (χ1n) is 7.23. The van der Waals surface area contributed by atoms with Crippen LogP contribution in [0.25, 0.3) is 0 Å². The number of benzene rings is 1. The molecule has 3 nitrogen and oxygen atoms in total. The Morgan fingerprint density at radius 1 is 1.25 bits per heavy atom. The Hall–Kier alpha value is -0.870. The van der Waals surface area contributed by atoms with E-state index in [1.807, 2.05) is 0 Å².